The maximum atomic E-state index is 14.1. The van der Waals surface area contributed by atoms with Gasteiger partial charge in [0.1, 0.15) is 17.3 Å². The van der Waals surface area contributed by atoms with Crippen molar-refractivity contribution in [2.24, 2.45) is 0 Å². The molecule has 1 amide bonds. The van der Waals surface area contributed by atoms with Crippen LogP contribution in [0.25, 0.3) is 28.2 Å². The van der Waals surface area contributed by atoms with E-state index in [2.05, 4.69) is 26.2 Å². The van der Waals surface area contributed by atoms with E-state index in [1.807, 2.05) is 91.0 Å². The summed E-state index contributed by atoms with van der Waals surface area (Å²) in [6.07, 6.45) is 3.52. The van der Waals surface area contributed by atoms with Crippen LogP contribution in [0.4, 0.5) is 5.69 Å². The van der Waals surface area contributed by atoms with Gasteiger partial charge in [-0.3, -0.25) is 14.2 Å². The first-order valence-corrected chi connectivity index (χ1v) is 14.7. The number of hydrogen-bond acceptors (Lipinski definition) is 6. The Morgan fingerprint density at radius 2 is 1.66 bits per heavy atom. The molecular weight excluding hydrogens is 620 g/mol. The number of carbonyl (C=O) groups is 1. The Hall–Kier alpha value is -5.35. The van der Waals surface area contributed by atoms with E-state index in [1.165, 1.54) is 0 Å². The molecule has 10 heteroatoms. The Labute approximate surface area is 260 Å². The number of anilines is 1. The molecule has 2 aromatic heterocycles. The molecule has 9 nitrogen and oxygen atoms in total. The highest BCUT2D eigenvalue weighted by atomic mass is 79.9. The van der Waals surface area contributed by atoms with Gasteiger partial charge in [0.25, 0.3) is 11.5 Å². The maximum absolute atomic E-state index is 14.1. The van der Waals surface area contributed by atoms with E-state index < -0.39 is 0 Å². The highest BCUT2D eigenvalue weighted by Crippen LogP contribution is 2.40. The standard InChI is InChI=1S/C34H25BrN6O3/c1-44-26-14-12-25(13-15-26)41-21-24(37-38-41)20-39-31-16-11-23(35)17-28(31)29(34(39)43)18-32-36-30-10-6-5-9-27(30)33(42)40(32)19-22-7-3-2-4-8-22/h2-18,21H,19-20H2,1H3/b29-18+. The summed E-state index contributed by atoms with van der Waals surface area (Å²) >= 11 is 3.56. The number of rotatable bonds is 7. The molecule has 0 bridgehead atoms. The molecule has 0 saturated heterocycles. The molecule has 0 spiro atoms. The average molecular weight is 646 g/mol. The van der Waals surface area contributed by atoms with Crippen molar-refractivity contribution in [1.82, 2.24) is 24.5 Å². The summed E-state index contributed by atoms with van der Waals surface area (Å²) in [5, 5.41) is 9.14. The number of nitrogens with zero attached hydrogens (tertiary/aromatic N) is 6. The number of halogens is 1. The van der Waals surface area contributed by atoms with Crippen molar-refractivity contribution in [3.8, 4) is 11.4 Å². The van der Waals surface area contributed by atoms with Crippen LogP contribution in [0.3, 0.4) is 0 Å². The second kappa shape index (κ2) is 11.4. The summed E-state index contributed by atoms with van der Waals surface area (Å²) in [6, 6.07) is 30.2. The van der Waals surface area contributed by atoms with Gasteiger partial charge in [0, 0.05) is 10.0 Å². The fourth-order valence-corrected chi connectivity index (χ4v) is 5.72. The van der Waals surface area contributed by atoms with Gasteiger partial charge in [-0.25, -0.2) is 9.67 Å². The molecule has 4 aromatic carbocycles. The van der Waals surface area contributed by atoms with E-state index in [0.717, 1.165) is 32.7 Å². The van der Waals surface area contributed by atoms with Crippen LogP contribution in [-0.4, -0.2) is 37.6 Å². The van der Waals surface area contributed by atoms with Crippen molar-refractivity contribution in [3.63, 3.8) is 0 Å². The first-order chi connectivity index (χ1) is 21.5. The normalized spacial score (nSPS) is 13.5. The van der Waals surface area contributed by atoms with E-state index in [0.29, 0.717) is 34.5 Å². The molecule has 1 aliphatic rings. The lowest BCUT2D eigenvalue weighted by atomic mass is 10.1. The van der Waals surface area contributed by atoms with Crippen molar-refractivity contribution in [1.29, 1.82) is 0 Å². The van der Waals surface area contributed by atoms with Gasteiger partial charge >= 0.3 is 0 Å². The number of hydrogen-bond donors (Lipinski definition) is 0. The molecule has 3 heterocycles. The maximum Gasteiger partial charge on any atom is 0.261 e. The second-order valence-electron chi connectivity index (χ2n) is 10.3. The van der Waals surface area contributed by atoms with Crippen LogP contribution in [-0.2, 0) is 17.9 Å². The second-order valence-corrected chi connectivity index (χ2v) is 11.2. The molecule has 0 unspecified atom stereocenters. The van der Waals surface area contributed by atoms with Gasteiger partial charge in [0.15, 0.2) is 0 Å². The number of fused-ring (bicyclic) bond motifs is 2. The number of aromatic nitrogens is 5. The predicted molar refractivity (Wildman–Crippen MR) is 173 cm³/mol. The molecule has 0 N–H and O–H groups in total. The number of ether oxygens (including phenoxy) is 1. The third-order valence-electron chi connectivity index (χ3n) is 7.56. The Morgan fingerprint density at radius 3 is 2.45 bits per heavy atom. The lowest BCUT2D eigenvalue weighted by Gasteiger charge is -2.15. The zero-order valence-electron chi connectivity index (χ0n) is 23.6. The smallest absolute Gasteiger partial charge is 0.261 e. The van der Waals surface area contributed by atoms with Crippen LogP contribution in [0, 0.1) is 0 Å². The predicted octanol–water partition coefficient (Wildman–Crippen LogP) is 5.88. The summed E-state index contributed by atoms with van der Waals surface area (Å²) in [6.45, 7) is 0.525. The van der Waals surface area contributed by atoms with E-state index >= 15 is 0 Å². The summed E-state index contributed by atoms with van der Waals surface area (Å²) in [5.74, 6) is 0.929. The number of para-hydroxylation sites is 1. The Balaban J connectivity index is 1.29. The SMILES string of the molecule is COc1ccc(-n2cc(CN3C(=O)/C(=C/c4nc5ccccc5c(=O)n4Cc4ccccc4)c4cc(Br)ccc43)nn2)cc1. The number of methoxy groups -OCH3 is 1. The molecular formula is C34H25BrN6O3. The third-order valence-corrected chi connectivity index (χ3v) is 8.05. The van der Waals surface area contributed by atoms with Crippen LogP contribution in [0.1, 0.15) is 22.6 Å². The van der Waals surface area contributed by atoms with Crippen LogP contribution in [0.5, 0.6) is 5.75 Å². The van der Waals surface area contributed by atoms with Crippen molar-refractivity contribution in [2.75, 3.05) is 12.0 Å². The third kappa shape index (κ3) is 5.09. The van der Waals surface area contributed by atoms with Crippen molar-refractivity contribution >= 4 is 50.1 Å². The van der Waals surface area contributed by atoms with Crippen molar-refractivity contribution in [3.05, 3.63) is 141 Å². The summed E-state index contributed by atoms with van der Waals surface area (Å²) in [7, 11) is 1.62. The zero-order valence-corrected chi connectivity index (χ0v) is 25.2. The van der Waals surface area contributed by atoms with E-state index in [4.69, 9.17) is 9.72 Å². The molecule has 0 saturated carbocycles. The Kier molecular flexibility index (Phi) is 7.11. The topological polar surface area (TPSA) is 95.1 Å². The van der Waals surface area contributed by atoms with Gasteiger partial charge in [0.05, 0.1) is 54.2 Å². The van der Waals surface area contributed by atoms with Gasteiger partial charge in [0.2, 0.25) is 0 Å². The van der Waals surface area contributed by atoms with Gasteiger partial charge in [-0.15, -0.1) is 5.10 Å². The van der Waals surface area contributed by atoms with Crippen LogP contribution < -0.4 is 15.2 Å². The summed E-state index contributed by atoms with van der Waals surface area (Å²) in [4.78, 5) is 34.4. The molecule has 0 fully saturated rings. The molecule has 216 valence electrons. The Bertz CT molecular complexity index is 2120. The van der Waals surface area contributed by atoms with Gasteiger partial charge in [-0.05, 0) is 66.2 Å². The minimum Gasteiger partial charge on any atom is -0.497 e. The molecule has 6 aromatic rings. The van der Waals surface area contributed by atoms with Gasteiger partial charge in [-0.1, -0.05) is 63.6 Å². The van der Waals surface area contributed by atoms with Crippen LogP contribution in [0.15, 0.2) is 113 Å². The quantitative estimate of drug-likeness (QED) is 0.201. The van der Waals surface area contributed by atoms with Crippen LogP contribution >= 0.6 is 15.9 Å². The summed E-state index contributed by atoms with van der Waals surface area (Å²) in [5.41, 5.74) is 4.71. The molecule has 44 heavy (non-hydrogen) atoms. The summed E-state index contributed by atoms with van der Waals surface area (Å²) < 4.78 is 9.36. The highest BCUT2D eigenvalue weighted by Gasteiger charge is 2.33. The lowest BCUT2D eigenvalue weighted by molar-refractivity contribution is -0.113. The molecule has 7 rings (SSSR count). The molecule has 0 aliphatic carbocycles. The number of amides is 1. The molecule has 0 radical (unpaired) electrons. The molecule has 1 aliphatic heterocycles. The minimum atomic E-state index is -0.217. The van der Waals surface area contributed by atoms with E-state index in [-0.39, 0.29) is 18.0 Å². The van der Waals surface area contributed by atoms with Gasteiger partial charge in [-0.2, -0.15) is 0 Å². The van der Waals surface area contributed by atoms with Gasteiger partial charge < -0.3 is 9.64 Å². The average Bonchev–Trinajstić information content (AvgIpc) is 3.62. The first kappa shape index (κ1) is 27.5. The lowest BCUT2D eigenvalue weighted by Crippen LogP contribution is -2.27. The van der Waals surface area contributed by atoms with E-state index in [9.17, 15) is 9.59 Å². The largest absolute Gasteiger partial charge is 0.497 e. The van der Waals surface area contributed by atoms with E-state index in [1.54, 1.807) is 39.6 Å². The first-order valence-electron chi connectivity index (χ1n) is 13.9. The highest BCUT2D eigenvalue weighted by molar-refractivity contribution is 9.10. The minimum absolute atomic E-state index is 0.168. The zero-order chi connectivity index (χ0) is 30.2. The monoisotopic (exact) mass is 644 g/mol. The Morgan fingerprint density at radius 1 is 0.886 bits per heavy atom. The fourth-order valence-electron chi connectivity index (χ4n) is 5.36. The van der Waals surface area contributed by atoms with Crippen molar-refractivity contribution < 1.29 is 9.53 Å². The fraction of sp³-hybridized carbons (Fsp3) is 0.0882. The number of benzene rings is 4. The molecule has 0 atom stereocenters. The number of carbonyl (C=O) groups excluding carboxylic acids is 1. The van der Waals surface area contributed by atoms with Crippen molar-refractivity contribution in [2.45, 2.75) is 13.1 Å². The van der Waals surface area contributed by atoms with Crippen LogP contribution in [0.2, 0.25) is 0 Å².